The average molecular weight is 222 g/mol. The van der Waals surface area contributed by atoms with Gasteiger partial charge < -0.3 is 5.11 Å². The number of rotatable bonds is 3. The normalized spacial score (nSPS) is 36.4. The third-order valence-corrected chi connectivity index (χ3v) is 4.95. The van der Waals surface area contributed by atoms with Gasteiger partial charge in [0.2, 0.25) is 0 Å². The van der Waals surface area contributed by atoms with E-state index in [-0.39, 0.29) is 23.2 Å². The summed E-state index contributed by atoms with van der Waals surface area (Å²) in [6.07, 6.45) is 5.96. The van der Waals surface area contributed by atoms with E-state index in [4.69, 9.17) is 5.11 Å². The molecule has 0 aromatic carbocycles. The maximum Gasteiger partial charge on any atom is 0.162 e. The maximum absolute atomic E-state index is 12.1. The van der Waals surface area contributed by atoms with E-state index in [1.54, 1.807) is 0 Å². The third kappa shape index (κ3) is 1.32. The smallest absolute Gasteiger partial charge is 0.162 e. The van der Waals surface area contributed by atoms with Crippen molar-refractivity contribution in [3.63, 3.8) is 0 Å². The van der Waals surface area contributed by atoms with Crippen LogP contribution in [0, 0.1) is 16.7 Å². The van der Waals surface area contributed by atoms with Crippen LogP contribution in [0.1, 0.15) is 46.5 Å². The molecule has 0 aromatic rings. The van der Waals surface area contributed by atoms with Gasteiger partial charge in [0.25, 0.3) is 0 Å². The Bertz CT molecular complexity index is 341. The van der Waals surface area contributed by atoms with Gasteiger partial charge in [-0.05, 0) is 37.7 Å². The lowest BCUT2D eigenvalue weighted by Crippen LogP contribution is -2.38. The standard InChI is InChI=1S/C14H22O2/c1-10-5-7-14(6-4-8-15)11(10)9-12(16)13(14,2)3/h9-10,15H,4-8H2,1-3H3/t10-,14-/m1/s1. The van der Waals surface area contributed by atoms with Gasteiger partial charge in [-0.15, -0.1) is 0 Å². The topological polar surface area (TPSA) is 37.3 Å². The minimum atomic E-state index is -0.262. The molecule has 2 rings (SSSR count). The van der Waals surface area contributed by atoms with Crippen LogP contribution in [0.3, 0.4) is 0 Å². The first-order valence-electron chi connectivity index (χ1n) is 6.33. The monoisotopic (exact) mass is 222 g/mol. The summed E-state index contributed by atoms with van der Waals surface area (Å²) in [4.78, 5) is 12.1. The summed E-state index contributed by atoms with van der Waals surface area (Å²) in [5, 5.41) is 9.04. The highest BCUT2D eigenvalue weighted by molar-refractivity contribution is 5.99. The molecule has 2 aliphatic carbocycles. The summed E-state index contributed by atoms with van der Waals surface area (Å²) >= 11 is 0. The molecule has 2 heteroatoms. The van der Waals surface area contributed by atoms with Crippen molar-refractivity contribution in [3.8, 4) is 0 Å². The molecule has 1 fully saturated rings. The molecule has 16 heavy (non-hydrogen) atoms. The largest absolute Gasteiger partial charge is 0.396 e. The van der Waals surface area contributed by atoms with Crippen molar-refractivity contribution in [1.29, 1.82) is 0 Å². The number of carbonyl (C=O) groups excluding carboxylic acids is 1. The molecular formula is C14H22O2. The van der Waals surface area contributed by atoms with Gasteiger partial charge in [-0.25, -0.2) is 0 Å². The van der Waals surface area contributed by atoms with Crippen LogP contribution in [0.5, 0.6) is 0 Å². The van der Waals surface area contributed by atoms with E-state index in [0.29, 0.717) is 5.92 Å². The average Bonchev–Trinajstić information content (AvgIpc) is 2.64. The molecule has 2 nitrogen and oxygen atoms in total. The van der Waals surface area contributed by atoms with Gasteiger partial charge in [-0.1, -0.05) is 26.3 Å². The fourth-order valence-electron chi connectivity index (χ4n) is 3.71. The van der Waals surface area contributed by atoms with Gasteiger partial charge in [0.15, 0.2) is 5.78 Å². The molecule has 0 amide bonds. The zero-order valence-electron chi connectivity index (χ0n) is 10.5. The molecule has 2 atom stereocenters. The van der Waals surface area contributed by atoms with Crippen molar-refractivity contribution in [2.45, 2.75) is 46.5 Å². The molecule has 0 radical (unpaired) electrons. The van der Waals surface area contributed by atoms with Crippen LogP contribution >= 0.6 is 0 Å². The van der Waals surface area contributed by atoms with Crippen LogP contribution in [-0.4, -0.2) is 17.5 Å². The highest BCUT2D eigenvalue weighted by atomic mass is 16.2. The van der Waals surface area contributed by atoms with Crippen LogP contribution < -0.4 is 0 Å². The number of fused-ring (bicyclic) bond motifs is 1. The zero-order valence-corrected chi connectivity index (χ0v) is 10.5. The van der Waals surface area contributed by atoms with Crippen molar-refractivity contribution >= 4 is 5.78 Å². The van der Waals surface area contributed by atoms with Gasteiger partial charge in [-0.3, -0.25) is 4.79 Å². The van der Waals surface area contributed by atoms with Crippen molar-refractivity contribution in [2.75, 3.05) is 6.61 Å². The van der Waals surface area contributed by atoms with Crippen LogP contribution in [0.25, 0.3) is 0 Å². The van der Waals surface area contributed by atoms with Crippen molar-refractivity contribution < 1.29 is 9.90 Å². The molecule has 0 saturated heterocycles. The number of hydrogen-bond acceptors (Lipinski definition) is 2. The molecule has 0 unspecified atom stereocenters. The van der Waals surface area contributed by atoms with E-state index in [1.807, 2.05) is 6.08 Å². The van der Waals surface area contributed by atoms with Crippen molar-refractivity contribution in [2.24, 2.45) is 16.7 Å². The van der Waals surface area contributed by atoms with E-state index in [9.17, 15) is 4.79 Å². The molecular weight excluding hydrogens is 200 g/mol. The quantitative estimate of drug-likeness (QED) is 0.797. The number of ketones is 1. The first-order valence-corrected chi connectivity index (χ1v) is 6.33. The molecule has 0 bridgehead atoms. The number of carbonyl (C=O) groups is 1. The highest BCUT2D eigenvalue weighted by Crippen LogP contribution is 2.63. The molecule has 0 aliphatic heterocycles. The van der Waals surface area contributed by atoms with Gasteiger partial charge in [0, 0.05) is 17.4 Å². The molecule has 1 saturated carbocycles. The molecule has 0 heterocycles. The molecule has 2 aliphatic rings. The van der Waals surface area contributed by atoms with Gasteiger partial charge in [0.1, 0.15) is 0 Å². The van der Waals surface area contributed by atoms with Gasteiger partial charge >= 0.3 is 0 Å². The zero-order chi connectivity index (χ0) is 12.0. The van der Waals surface area contributed by atoms with E-state index in [2.05, 4.69) is 20.8 Å². The summed E-state index contributed by atoms with van der Waals surface area (Å²) in [7, 11) is 0. The molecule has 0 spiro atoms. The lowest BCUT2D eigenvalue weighted by Gasteiger charge is -2.40. The minimum absolute atomic E-state index is 0.0478. The van der Waals surface area contributed by atoms with E-state index >= 15 is 0 Å². The predicted octanol–water partition coefficient (Wildman–Crippen LogP) is 2.71. The van der Waals surface area contributed by atoms with Crippen molar-refractivity contribution in [1.82, 2.24) is 0 Å². The van der Waals surface area contributed by atoms with E-state index in [1.165, 1.54) is 12.0 Å². The van der Waals surface area contributed by atoms with Gasteiger partial charge in [0.05, 0.1) is 0 Å². The SMILES string of the molecule is C[C@@H]1CC[C@]2(CCCO)C1=CC(=O)C2(C)C. The Morgan fingerprint density at radius 2 is 2.19 bits per heavy atom. The number of aliphatic hydroxyl groups is 1. The Labute approximate surface area is 97.7 Å². The number of hydrogen-bond donors (Lipinski definition) is 1. The summed E-state index contributed by atoms with van der Waals surface area (Å²) in [5.41, 5.74) is 1.14. The second-order valence-electron chi connectivity index (χ2n) is 5.94. The van der Waals surface area contributed by atoms with Crippen LogP contribution in [0.4, 0.5) is 0 Å². The van der Waals surface area contributed by atoms with E-state index < -0.39 is 0 Å². The number of allylic oxidation sites excluding steroid dienone is 2. The van der Waals surface area contributed by atoms with E-state index in [0.717, 1.165) is 19.3 Å². The van der Waals surface area contributed by atoms with Gasteiger partial charge in [-0.2, -0.15) is 0 Å². The van der Waals surface area contributed by atoms with Crippen LogP contribution in [0.2, 0.25) is 0 Å². The lowest BCUT2D eigenvalue weighted by atomic mass is 9.62. The summed E-state index contributed by atoms with van der Waals surface area (Å²) < 4.78 is 0. The first-order chi connectivity index (χ1) is 7.45. The first kappa shape index (κ1) is 11.8. The highest BCUT2D eigenvalue weighted by Gasteiger charge is 2.58. The Hall–Kier alpha value is -0.630. The lowest BCUT2D eigenvalue weighted by molar-refractivity contribution is -0.125. The molecule has 90 valence electrons. The Morgan fingerprint density at radius 1 is 1.50 bits per heavy atom. The Balaban J connectivity index is 2.38. The Kier molecular flexibility index (Phi) is 2.73. The second kappa shape index (κ2) is 3.69. The maximum atomic E-state index is 12.1. The summed E-state index contributed by atoms with van der Waals surface area (Å²) in [6.45, 7) is 6.61. The van der Waals surface area contributed by atoms with Crippen molar-refractivity contribution in [3.05, 3.63) is 11.6 Å². The molecule has 1 N–H and O–H groups in total. The predicted molar refractivity (Wildman–Crippen MR) is 64.0 cm³/mol. The summed E-state index contributed by atoms with van der Waals surface area (Å²) in [6, 6.07) is 0. The summed E-state index contributed by atoms with van der Waals surface area (Å²) in [5.74, 6) is 0.830. The number of aliphatic hydroxyl groups excluding tert-OH is 1. The third-order valence-electron chi connectivity index (χ3n) is 4.95. The minimum Gasteiger partial charge on any atom is -0.396 e. The Morgan fingerprint density at radius 3 is 2.81 bits per heavy atom. The van der Waals surface area contributed by atoms with Crippen LogP contribution in [-0.2, 0) is 4.79 Å². The fourth-order valence-corrected chi connectivity index (χ4v) is 3.71. The molecule has 0 aromatic heterocycles. The second-order valence-corrected chi connectivity index (χ2v) is 5.94. The fraction of sp³-hybridized carbons (Fsp3) is 0.786. The van der Waals surface area contributed by atoms with Crippen LogP contribution in [0.15, 0.2) is 11.6 Å².